The van der Waals surface area contributed by atoms with Gasteiger partial charge in [-0.3, -0.25) is 0 Å². The van der Waals surface area contributed by atoms with Crippen LogP contribution in [0, 0.1) is 0 Å². The Labute approximate surface area is 113 Å². The molecule has 108 valence electrons. The molecule has 0 unspecified atom stereocenters. The summed E-state index contributed by atoms with van der Waals surface area (Å²) in [4.78, 5) is 8.20. The number of ether oxygens (including phenoxy) is 1. The molecular formula is C13H14F3N3O. The van der Waals surface area contributed by atoms with Crippen LogP contribution in [-0.4, -0.2) is 22.2 Å². The predicted octanol–water partition coefficient (Wildman–Crippen LogP) is 3.24. The molecule has 0 saturated carbocycles. The summed E-state index contributed by atoms with van der Waals surface area (Å²) < 4.78 is 42.3. The largest absolute Gasteiger partial charge is 0.414 e. The number of anilines is 1. The lowest BCUT2D eigenvalue weighted by Gasteiger charge is -2.20. The van der Waals surface area contributed by atoms with Crippen molar-refractivity contribution >= 4 is 16.7 Å². The molecule has 20 heavy (non-hydrogen) atoms. The maximum atomic E-state index is 12.5. The number of aromatic nitrogens is 2. The van der Waals surface area contributed by atoms with Crippen molar-refractivity contribution in [3.05, 3.63) is 30.1 Å². The monoisotopic (exact) mass is 285 g/mol. The zero-order valence-electron chi connectivity index (χ0n) is 11.0. The van der Waals surface area contributed by atoms with Crippen LogP contribution >= 0.6 is 0 Å². The first-order chi connectivity index (χ1) is 9.29. The van der Waals surface area contributed by atoms with Gasteiger partial charge in [0.05, 0.1) is 5.52 Å². The Kier molecular flexibility index (Phi) is 3.80. The minimum absolute atomic E-state index is 0.136. The second-order valence-corrected chi connectivity index (χ2v) is 4.45. The highest BCUT2D eigenvalue weighted by atomic mass is 19.4. The van der Waals surface area contributed by atoms with Gasteiger partial charge in [0.2, 0.25) is 0 Å². The summed E-state index contributed by atoms with van der Waals surface area (Å²) in [7, 11) is 0. The van der Waals surface area contributed by atoms with Crippen LogP contribution in [0.25, 0.3) is 10.9 Å². The number of fused-ring (bicyclic) bond motifs is 1. The van der Waals surface area contributed by atoms with Crippen molar-refractivity contribution in [3.63, 3.8) is 0 Å². The van der Waals surface area contributed by atoms with E-state index in [4.69, 9.17) is 10.5 Å². The van der Waals surface area contributed by atoms with E-state index in [2.05, 4.69) is 9.97 Å². The van der Waals surface area contributed by atoms with Crippen LogP contribution in [0.2, 0.25) is 0 Å². The average Bonchev–Trinajstić information content (AvgIpc) is 2.37. The molecule has 0 amide bonds. The van der Waals surface area contributed by atoms with Gasteiger partial charge in [-0.05, 0) is 26.0 Å². The number of rotatable bonds is 3. The van der Waals surface area contributed by atoms with Crippen molar-refractivity contribution in [1.29, 1.82) is 0 Å². The second kappa shape index (κ2) is 5.24. The van der Waals surface area contributed by atoms with E-state index in [0.717, 1.165) is 6.92 Å². The molecule has 4 nitrogen and oxygen atoms in total. The van der Waals surface area contributed by atoms with Crippen LogP contribution < -0.4 is 5.73 Å². The highest BCUT2D eigenvalue weighted by Gasteiger charge is 2.38. The highest BCUT2D eigenvalue weighted by molar-refractivity contribution is 5.87. The van der Waals surface area contributed by atoms with Gasteiger partial charge in [0, 0.05) is 5.39 Å². The van der Waals surface area contributed by atoms with E-state index in [1.165, 1.54) is 6.92 Å². The van der Waals surface area contributed by atoms with Crippen LogP contribution in [0.5, 0.6) is 0 Å². The summed E-state index contributed by atoms with van der Waals surface area (Å²) in [6.45, 7) is 2.41. The van der Waals surface area contributed by atoms with Gasteiger partial charge in [0.25, 0.3) is 0 Å². The fourth-order valence-electron chi connectivity index (χ4n) is 1.75. The molecule has 1 aromatic heterocycles. The van der Waals surface area contributed by atoms with Gasteiger partial charge in [-0.2, -0.15) is 13.2 Å². The molecule has 1 aromatic carbocycles. The Morgan fingerprint density at radius 1 is 1.15 bits per heavy atom. The zero-order chi connectivity index (χ0) is 14.9. The molecule has 0 spiro atoms. The standard InChI is InChI=1S/C13H14F3N3O/c1-7(20-8(2)13(14,15)16)12-18-10-6-4-3-5-9(10)11(17)19-12/h3-8H,1-2H3,(H2,17,18,19)/t7-,8+/m0/s1. The lowest BCUT2D eigenvalue weighted by molar-refractivity contribution is -0.226. The van der Waals surface area contributed by atoms with Gasteiger partial charge in [-0.15, -0.1) is 0 Å². The summed E-state index contributed by atoms with van der Waals surface area (Å²) in [5.41, 5.74) is 6.36. The first-order valence-electron chi connectivity index (χ1n) is 6.03. The first kappa shape index (κ1) is 14.5. The summed E-state index contributed by atoms with van der Waals surface area (Å²) in [6, 6.07) is 7.02. The van der Waals surface area contributed by atoms with Crippen molar-refractivity contribution in [2.24, 2.45) is 0 Å². The molecule has 0 aliphatic heterocycles. The highest BCUT2D eigenvalue weighted by Crippen LogP contribution is 2.28. The first-order valence-corrected chi connectivity index (χ1v) is 6.03. The molecule has 0 saturated heterocycles. The molecule has 2 N–H and O–H groups in total. The van der Waals surface area contributed by atoms with E-state index in [-0.39, 0.29) is 11.6 Å². The third-order valence-corrected chi connectivity index (χ3v) is 2.88. The molecule has 0 aliphatic carbocycles. The van der Waals surface area contributed by atoms with Crippen molar-refractivity contribution < 1.29 is 17.9 Å². The van der Waals surface area contributed by atoms with Gasteiger partial charge < -0.3 is 10.5 Å². The fraction of sp³-hybridized carbons (Fsp3) is 0.385. The van der Waals surface area contributed by atoms with Crippen molar-refractivity contribution in [3.8, 4) is 0 Å². The molecule has 0 radical (unpaired) electrons. The van der Waals surface area contributed by atoms with Crippen LogP contribution in [0.15, 0.2) is 24.3 Å². The van der Waals surface area contributed by atoms with Crippen LogP contribution in [0.4, 0.5) is 19.0 Å². The third kappa shape index (κ3) is 2.98. The smallest absolute Gasteiger partial charge is 0.383 e. The number of nitrogen functional groups attached to an aromatic ring is 1. The number of benzene rings is 1. The Morgan fingerprint density at radius 3 is 2.45 bits per heavy atom. The molecule has 7 heteroatoms. The van der Waals surface area contributed by atoms with E-state index in [0.29, 0.717) is 10.9 Å². The van der Waals surface area contributed by atoms with Crippen molar-refractivity contribution in [1.82, 2.24) is 9.97 Å². The summed E-state index contributed by atoms with van der Waals surface area (Å²) in [5, 5.41) is 0.660. The van der Waals surface area contributed by atoms with E-state index in [9.17, 15) is 13.2 Å². The lowest BCUT2D eigenvalue weighted by atomic mass is 10.2. The fourth-order valence-corrected chi connectivity index (χ4v) is 1.75. The third-order valence-electron chi connectivity index (χ3n) is 2.88. The van der Waals surface area contributed by atoms with Crippen molar-refractivity contribution in [2.45, 2.75) is 32.2 Å². The zero-order valence-corrected chi connectivity index (χ0v) is 11.0. The van der Waals surface area contributed by atoms with E-state index < -0.39 is 18.4 Å². The number of halogens is 3. The number of hydrogen-bond donors (Lipinski definition) is 1. The molecule has 2 aromatic rings. The normalized spacial score (nSPS) is 15.2. The van der Waals surface area contributed by atoms with E-state index in [1.54, 1.807) is 24.3 Å². The predicted molar refractivity (Wildman–Crippen MR) is 69.0 cm³/mol. The van der Waals surface area contributed by atoms with Gasteiger partial charge in [-0.1, -0.05) is 12.1 Å². The Bertz CT molecular complexity index is 615. The molecule has 2 rings (SSSR count). The van der Waals surface area contributed by atoms with E-state index in [1.807, 2.05) is 0 Å². The molecule has 0 fully saturated rings. The molecule has 0 bridgehead atoms. The minimum atomic E-state index is -4.42. The minimum Gasteiger partial charge on any atom is -0.383 e. The Balaban J connectivity index is 2.29. The topological polar surface area (TPSA) is 61.0 Å². The maximum absolute atomic E-state index is 12.5. The van der Waals surface area contributed by atoms with Crippen LogP contribution in [-0.2, 0) is 4.74 Å². The number of para-hydroxylation sites is 1. The van der Waals surface area contributed by atoms with Gasteiger partial charge >= 0.3 is 6.18 Å². The molecular weight excluding hydrogens is 271 g/mol. The molecule has 2 atom stereocenters. The quantitative estimate of drug-likeness (QED) is 0.940. The number of nitrogens with two attached hydrogens (primary N) is 1. The Hall–Kier alpha value is -1.89. The summed E-state index contributed by atoms with van der Waals surface area (Å²) in [6.07, 6.45) is -7.22. The van der Waals surface area contributed by atoms with Crippen LogP contribution in [0.3, 0.4) is 0 Å². The van der Waals surface area contributed by atoms with Gasteiger partial charge in [-0.25, -0.2) is 9.97 Å². The molecule has 0 aliphatic rings. The number of hydrogen-bond acceptors (Lipinski definition) is 4. The van der Waals surface area contributed by atoms with E-state index >= 15 is 0 Å². The lowest BCUT2D eigenvalue weighted by Crippen LogP contribution is -2.30. The molecule has 1 heterocycles. The second-order valence-electron chi connectivity index (χ2n) is 4.45. The maximum Gasteiger partial charge on any atom is 0.414 e. The Morgan fingerprint density at radius 2 is 1.80 bits per heavy atom. The van der Waals surface area contributed by atoms with Gasteiger partial charge in [0.1, 0.15) is 11.9 Å². The summed E-state index contributed by atoms with van der Waals surface area (Å²) in [5.74, 6) is 0.359. The summed E-state index contributed by atoms with van der Waals surface area (Å²) >= 11 is 0. The van der Waals surface area contributed by atoms with Crippen molar-refractivity contribution in [2.75, 3.05) is 5.73 Å². The van der Waals surface area contributed by atoms with Gasteiger partial charge in [0.15, 0.2) is 11.9 Å². The SMILES string of the molecule is C[C@H](O[C@H](C)C(F)(F)F)c1nc(N)c2ccccc2n1. The number of nitrogens with zero attached hydrogens (tertiary/aromatic N) is 2. The average molecular weight is 285 g/mol. The van der Waals surface area contributed by atoms with Crippen LogP contribution in [0.1, 0.15) is 25.8 Å². The number of alkyl halides is 3.